The highest BCUT2D eigenvalue weighted by Gasteiger charge is 2.05. The van der Waals surface area contributed by atoms with E-state index >= 15 is 0 Å². The summed E-state index contributed by atoms with van der Waals surface area (Å²) in [7, 11) is 0. The number of hydrogen-bond acceptors (Lipinski definition) is 2. The van der Waals surface area contributed by atoms with Crippen LogP contribution in [0.5, 0.6) is 0 Å². The number of esters is 1. The maximum absolute atomic E-state index is 11.7. The Morgan fingerprint density at radius 1 is 0.792 bits per heavy atom. The number of unbranched alkanes of at least 4 members (excludes halogenated alkanes) is 5. The summed E-state index contributed by atoms with van der Waals surface area (Å²) in [5.41, 5.74) is 0.630. The predicted molar refractivity (Wildman–Crippen MR) is 91.1 cm³/mol. The molecule has 1 aromatic heterocycles. The van der Waals surface area contributed by atoms with Crippen LogP contribution < -0.4 is 28.5 Å². The first kappa shape index (κ1) is 20.6. The highest BCUT2D eigenvalue weighted by molar-refractivity contribution is 5.89. The summed E-state index contributed by atoms with van der Waals surface area (Å²) in [4.78, 5) is 11.7. The second-order valence-corrected chi connectivity index (χ2v) is 5.74. The Morgan fingerprint density at radius 2 is 1.38 bits per heavy atom. The molecular weight excluding hydrogens is 413 g/mol. The Balaban J connectivity index is 0.00000288. The molecule has 0 atom stereocenters. The van der Waals surface area contributed by atoms with Crippen LogP contribution in [0.15, 0.2) is 60.9 Å². The molecule has 0 bridgehead atoms. The van der Waals surface area contributed by atoms with Gasteiger partial charge in [-0.25, -0.2) is 9.36 Å². The third kappa shape index (κ3) is 8.43. The second-order valence-electron chi connectivity index (χ2n) is 5.74. The van der Waals surface area contributed by atoms with E-state index in [1.165, 1.54) is 25.7 Å². The number of rotatable bonds is 10. The molecule has 1 aromatic carbocycles. The van der Waals surface area contributed by atoms with Gasteiger partial charge in [-0.15, -0.1) is 0 Å². The number of carbonyl (C=O) groups excluding carboxylic acids is 1. The first-order valence-electron chi connectivity index (χ1n) is 8.52. The average Bonchev–Trinajstić information content (AvgIpc) is 2.61. The summed E-state index contributed by atoms with van der Waals surface area (Å²) in [6.45, 7) is 1.61. The van der Waals surface area contributed by atoms with E-state index in [4.69, 9.17) is 4.74 Å². The van der Waals surface area contributed by atoms with Crippen molar-refractivity contribution in [3.63, 3.8) is 0 Å². The molecule has 3 nitrogen and oxygen atoms in total. The number of aromatic nitrogens is 1. The average molecular weight is 439 g/mol. The van der Waals surface area contributed by atoms with Crippen LogP contribution in [0.3, 0.4) is 0 Å². The molecule has 2 aromatic rings. The van der Waals surface area contributed by atoms with Crippen molar-refractivity contribution < 1.29 is 38.1 Å². The monoisotopic (exact) mass is 439 g/mol. The quantitative estimate of drug-likeness (QED) is 0.241. The lowest BCUT2D eigenvalue weighted by Gasteiger charge is -2.04. The van der Waals surface area contributed by atoms with E-state index in [2.05, 4.69) is 29.1 Å². The predicted octanol–water partition coefficient (Wildman–Crippen LogP) is 1.18. The fourth-order valence-electron chi connectivity index (χ4n) is 2.51. The van der Waals surface area contributed by atoms with Crippen molar-refractivity contribution in [1.82, 2.24) is 0 Å². The molecule has 1 heterocycles. The van der Waals surface area contributed by atoms with Crippen molar-refractivity contribution in [2.75, 3.05) is 6.61 Å². The van der Waals surface area contributed by atoms with Crippen LogP contribution in [0.4, 0.5) is 0 Å². The SMILES string of the molecule is O=C(OCCCCCCCC[n+]1ccccc1)c1ccccc1.[I-]. The third-order valence-corrected chi connectivity index (χ3v) is 3.83. The highest BCUT2D eigenvalue weighted by atomic mass is 127. The maximum Gasteiger partial charge on any atom is 0.338 e. The van der Waals surface area contributed by atoms with Crippen molar-refractivity contribution in [3.05, 3.63) is 66.5 Å². The van der Waals surface area contributed by atoms with Gasteiger partial charge in [0.1, 0.15) is 6.54 Å². The lowest BCUT2D eigenvalue weighted by Crippen LogP contribution is -3.00. The third-order valence-electron chi connectivity index (χ3n) is 3.83. The van der Waals surface area contributed by atoms with E-state index in [0.29, 0.717) is 12.2 Å². The highest BCUT2D eigenvalue weighted by Crippen LogP contribution is 2.07. The Kier molecular flexibility index (Phi) is 11.1. The Hall–Kier alpha value is -1.43. The van der Waals surface area contributed by atoms with Gasteiger partial charge in [-0.1, -0.05) is 43.5 Å². The summed E-state index contributed by atoms with van der Waals surface area (Å²) in [6.07, 6.45) is 11.2. The summed E-state index contributed by atoms with van der Waals surface area (Å²) in [6, 6.07) is 15.3. The molecule has 0 amide bonds. The van der Waals surface area contributed by atoms with E-state index in [1.807, 2.05) is 24.3 Å². The summed E-state index contributed by atoms with van der Waals surface area (Å²) in [5, 5.41) is 0. The minimum absolute atomic E-state index is 0. The molecule has 0 aliphatic carbocycles. The molecule has 0 aliphatic heterocycles. The summed E-state index contributed by atoms with van der Waals surface area (Å²) < 4.78 is 7.50. The molecule has 4 heteroatoms. The van der Waals surface area contributed by atoms with Crippen LogP contribution in [-0.4, -0.2) is 12.6 Å². The molecule has 2 rings (SSSR count). The van der Waals surface area contributed by atoms with Gasteiger partial charge in [0.15, 0.2) is 12.4 Å². The zero-order valence-corrected chi connectivity index (χ0v) is 16.2. The van der Waals surface area contributed by atoms with Crippen molar-refractivity contribution in [2.24, 2.45) is 0 Å². The summed E-state index contributed by atoms with van der Waals surface area (Å²) in [5.74, 6) is -0.217. The van der Waals surface area contributed by atoms with Crippen LogP contribution in [0.25, 0.3) is 0 Å². The fourth-order valence-corrected chi connectivity index (χ4v) is 2.51. The molecule has 0 saturated carbocycles. The number of halogens is 1. The van der Waals surface area contributed by atoms with Crippen molar-refractivity contribution >= 4 is 5.97 Å². The van der Waals surface area contributed by atoms with E-state index in [-0.39, 0.29) is 29.9 Å². The van der Waals surface area contributed by atoms with E-state index in [1.54, 1.807) is 12.1 Å². The van der Waals surface area contributed by atoms with Gasteiger partial charge in [0.25, 0.3) is 0 Å². The molecule has 0 aliphatic rings. The number of ether oxygens (including phenoxy) is 1. The molecule has 0 N–H and O–H groups in total. The fraction of sp³-hybridized carbons (Fsp3) is 0.400. The van der Waals surface area contributed by atoms with Gasteiger partial charge in [0.2, 0.25) is 0 Å². The van der Waals surface area contributed by atoms with Crippen molar-refractivity contribution in [3.8, 4) is 0 Å². The Labute approximate surface area is 162 Å². The molecule has 130 valence electrons. The Bertz CT molecular complexity index is 560. The number of pyridine rings is 1. The van der Waals surface area contributed by atoms with E-state index in [0.717, 1.165) is 19.4 Å². The van der Waals surface area contributed by atoms with Crippen LogP contribution in [0, 0.1) is 0 Å². The zero-order valence-electron chi connectivity index (χ0n) is 14.1. The molecule has 0 spiro atoms. The maximum atomic E-state index is 11.7. The van der Waals surface area contributed by atoms with Gasteiger partial charge < -0.3 is 28.7 Å². The molecular formula is C20H26INO2. The molecule has 0 radical (unpaired) electrons. The number of carbonyl (C=O) groups is 1. The normalized spacial score (nSPS) is 10.0. The minimum atomic E-state index is -0.217. The van der Waals surface area contributed by atoms with Gasteiger partial charge in [0, 0.05) is 18.6 Å². The number of nitrogens with zero attached hydrogens (tertiary/aromatic N) is 1. The van der Waals surface area contributed by atoms with Gasteiger partial charge in [0.05, 0.1) is 12.2 Å². The summed E-state index contributed by atoms with van der Waals surface area (Å²) >= 11 is 0. The smallest absolute Gasteiger partial charge is 0.338 e. The van der Waals surface area contributed by atoms with Crippen molar-refractivity contribution in [1.29, 1.82) is 0 Å². The number of benzene rings is 1. The number of hydrogen-bond donors (Lipinski definition) is 0. The van der Waals surface area contributed by atoms with E-state index in [9.17, 15) is 4.79 Å². The van der Waals surface area contributed by atoms with Gasteiger partial charge >= 0.3 is 5.97 Å². The lowest BCUT2D eigenvalue weighted by atomic mass is 10.1. The van der Waals surface area contributed by atoms with Crippen LogP contribution >= 0.6 is 0 Å². The topological polar surface area (TPSA) is 30.2 Å². The standard InChI is InChI=1S/C20H26NO2.HI/c22-20(19-13-7-5-8-14-19)23-18-12-4-2-1-3-9-15-21-16-10-6-11-17-21;/h5-8,10-11,13-14,16-17H,1-4,9,12,15,18H2;1H/q+1;/p-1. The van der Waals surface area contributed by atoms with Crippen LogP contribution in [-0.2, 0) is 11.3 Å². The van der Waals surface area contributed by atoms with Crippen LogP contribution in [0.1, 0.15) is 48.9 Å². The van der Waals surface area contributed by atoms with E-state index < -0.39 is 0 Å². The number of aryl methyl sites for hydroxylation is 1. The first-order chi connectivity index (χ1) is 11.4. The molecule has 0 unspecified atom stereocenters. The second kappa shape index (κ2) is 12.9. The zero-order chi connectivity index (χ0) is 16.2. The Morgan fingerprint density at radius 3 is 2.08 bits per heavy atom. The molecule has 0 fully saturated rings. The molecule has 0 saturated heterocycles. The van der Waals surface area contributed by atoms with Gasteiger partial charge in [-0.05, 0) is 25.0 Å². The first-order valence-corrected chi connectivity index (χ1v) is 8.52. The lowest BCUT2D eigenvalue weighted by molar-refractivity contribution is -0.697. The van der Waals surface area contributed by atoms with Crippen molar-refractivity contribution in [2.45, 2.75) is 45.1 Å². The van der Waals surface area contributed by atoms with Crippen LogP contribution in [0.2, 0.25) is 0 Å². The minimum Gasteiger partial charge on any atom is -1.00 e. The van der Waals surface area contributed by atoms with Gasteiger partial charge in [-0.3, -0.25) is 0 Å². The largest absolute Gasteiger partial charge is 1.00 e. The molecule has 24 heavy (non-hydrogen) atoms. The van der Waals surface area contributed by atoms with Gasteiger partial charge in [-0.2, -0.15) is 0 Å².